The summed E-state index contributed by atoms with van der Waals surface area (Å²) in [6.45, 7) is 5.33. The Morgan fingerprint density at radius 2 is 1.79 bits per heavy atom. The van der Waals surface area contributed by atoms with E-state index in [0.29, 0.717) is 6.54 Å². The number of benzene rings is 1. The van der Waals surface area contributed by atoms with E-state index in [1.54, 1.807) is 25.8 Å². The number of hydrogen-bond acceptors (Lipinski definition) is 5. The van der Waals surface area contributed by atoms with Crippen LogP contribution < -0.4 is 9.47 Å². The van der Waals surface area contributed by atoms with Crippen LogP contribution in [-0.2, 0) is 10.3 Å². The summed E-state index contributed by atoms with van der Waals surface area (Å²) in [4.78, 5) is 6.01. The van der Waals surface area contributed by atoms with Crippen LogP contribution in [0.4, 0.5) is 18.9 Å². The van der Waals surface area contributed by atoms with Crippen LogP contribution in [0.5, 0.6) is 11.5 Å². The minimum Gasteiger partial charge on any atom is -0.496 e. The number of rotatable bonds is 10. The molecule has 0 saturated carbocycles. The highest BCUT2D eigenvalue weighted by atomic mass is 19.4. The molecule has 0 spiro atoms. The number of ether oxygens (including phenoxy) is 3. The lowest BCUT2D eigenvalue weighted by molar-refractivity contribution is -0.283. The average molecular weight is 406 g/mol. The first-order chi connectivity index (χ1) is 13.0. The predicted molar refractivity (Wildman–Crippen MR) is 102 cm³/mol. The van der Waals surface area contributed by atoms with Crippen molar-refractivity contribution in [1.29, 1.82) is 0 Å². The van der Waals surface area contributed by atoms with Crippen LogP contribution in [0.25, 0.3) is 0 Å². The third kappa shape index (κ3) is 5.75. The van der Waals surface area contributed by atoms with Crippen LogP contribution in [0, 0.1) is 5.92 Å². The number of alkyl halides is 3. The summed E-state index contributed by atoms with van der Waals surface area (Å²) < 4.78 is 56.9. The molecule has 1 rings (SSSR count). The van der Waals surface area contributed by atoms with E-state index in [-0.39, 0.29) is 29.7 Å². The molecule has 0 aliphatic rings. The van der Waals surface area contributed by atoms with Gasteiger partial charge in [0.15, 0.2) is 0 Å². The SMILES string of the molecule is CCN(C)C=Nc1cc(OC)c(C(O)(COCC(C)C)C(F)(F)F)cc1OC. The molecule has 0 amide bonds. The maximum absolute atomic E-state index is 13.8. The van der Waals surface area contributed by atoms with Crippen molar-refractivity contribution >= 4 is 12.0 Å². The van der Waals surface area contributed by atoms with Gasteiger partial charge in [-0.1, -0.05) is 13.8 Å². The Bertz CT molecular complexity index is 665. The van der Waals surface area contributed by atoms with Gasteiger partial charge < -0.3 is 24.2 Å². The first kappa shape index (κ1) is 24.0. The first-order valence-corrected chi connectivity index (χ1v) is 8.87. The molecule has 0 aliphatic heterocycles. The van der Waals surface area contributed by atoms with Crippen molar-refractivity contribution in [1.82, 2.24) is 4.90 Å². The fraction of sp³-hybridized carbons (Fsp3) is 0.632. The van der Waals surface area contributed by atoms with Gasteiger partial charge in [-0.25, -0.2) is 4.99 Å². The van der Waals surface area contributed by atoms with E-state index >= 15 is 0 Å². The molecule has 1 aromatic carbocycles. The predicted octanol–water partition coefficient (Wildman–Crippen LogP) is 3.74. The van der Waals surface area contributed by atoms with Crippen LogP contribution in [-0.4, -0.2) is 63.5 Å². The highest BCUT2D eigenvalue weighted by molar-refractivity contribution is 5.68. The second-order valence-electron chi connectivity index (χ2n) is 6.81. The molecule has 0 bridgehead atoms. The van der Waals surface area contributed by atoms with Gasteiger partial charge in [0, 0.05) is 31.8 Å². The number of methoxy groups -OCH3 is 2. The van der Waals surface area contributed by atoms with E-state index in [2.05, 4.69) is 4.99 Å². The quantitative estimate of drug-likeness (QED) is 0.474. The molecule has 1 unspecified atom stereocenters. The Labute approximate surface area is 163 Å². The number of aliphatic imine (C=N–C) groups is 1. The molecule has 160 valence electrons. The molecule has 1 N–H and O–H groups in total. The second-order valence-corrected chi connectivity index (χ2v) is 6.81. The molecule has 1 aromatic rings. The Hall–Kier alpha value is -2.00. The fourth-order valence-corrected chi connectivity index (χ4v) is 2.30. The molecular formula is C19H29F3N2O4. The van der Waals surface area contributed by atoms with Crippen molar-refractivity contribution in [2.24, 2.45) is 10.9 Å². The molecule has 28 heavy (non-hydrogen) atoms. The monoisotopic (exact) mass is 406 g/mol. The number of halogens is 3. The molecule has 0 heterocycles. The van der Waals surface area contributed by atoms with Crippen LogP contribution in [0.1, 0.15) is 26.3 Å². The molecule has 0 fully saturated rings. The van der Waals surface area contributed by atoms with Gasteiger partial charge in [-0.3, -0.25) is 0 Å². The van der Waals surface area contributed by atoms with Gasteiger partial charge in [0.1, 0.15) is 17.2 Å². The van der Waals surface area contributed by atoms with Crippen LogP contribution in [0.3, 0.4) is 0 Å². The van der Waals surface area contributed by atoms with E-state index in [9.17, 15) is 18.3 Å². The highest BCUT2D eigenvalue weighted by Crippen LogP contribution is 2.46. The minimum atomic E-state index is -4.99. The van der Waals surface area contributed by atoms with Gasteiger partial charge in [-0.05, 0) is 18.9 Å². The normalized spacial score (nSPS) is 14.4. The number of nitrogens with zero attached hydrogens (tertiary/aromatic N) is 2. The largest absolute Gasteiger partial charge is 0.496 e. The molecule has 0 saturated heterocycles. The lowest BCUT2D eigenvalue weighted by atomic mass is 9.92. The van der Waals surface area contributed by atoms with E-state index in [0.717, 1.165) is 6.07 Å². The maximum Gasteiger partial charge on any atom is 0.423 e. The van der Waals surface area contributed by atoms with Crippen LogP contribution in [0.15, 0.2) is 17.1 Å². The average Bonchev–Trinajstić information content (AvgIpc) is 2.63. The summed E-state index contributed by atoms with van der Waals surface area (Å²) in [5.41, 5.74) is -3.48. The van der Waals surface area contributed by atoms with Gasteiger partial charge in [0.25, 0.3) is 0 Å². The van der Waals surface area contributed by atoms with Crippen molar-refractivity contribution in [3.8, 4) is 11.5 Å². The summed E-state index contributed by atoms with van der Waals surface area (Å²) >= 11 is 0. The smallest absolute Gasteiger partial charge is 0.423 e. The molecule has 6 nitrogen and oxygen atoms in total. The molecule has 9 heteroatoms. The summed E-state index contributed by atoms with van der Waals surface area (Å²) in [5, 5.41) is 10.6. The Morgan fingerprint density at radius 1 is 1.18 bits per heavy atom. The van der Waals surface area contributed by atoms with E-state index in [1.165, 1.54) is 26.6 Å². The van der Waals surface area contributed by atoms with E-state index < -0.39 is 23.9 Å². The van der Waals surface area contributed by atoms with Crippen molar-refractivity contribution in [2.45, 2.75) is 32.5 Å². The first-order valence-electron chi connectivity index (χ1n) is 8.87. The Balaban J connectivity index is 3.46. The van der Waals surface area contributed by atoms with Crippen molar-refractivity contribution < 1.29 is 32.5 Å². The third-order valence-corrected chi connectivity index (χ3v) is 4.07. The number of hydrogen-bond donors (Lipinski definition) is 1. The van der Waals surface area contributed by atoms with Crippen molar-refractivity contribution in [3.63, 3.8) is 0 Å². The maximum atomic E-state index is 13.8. The van der Waals surface area contributed by atoms with Gasteiger partial charge in [0.05, 0.1) is 27.2 Å². The lowest BCUT2D eigenvalue weighted by Crippen LogP contribution is -2.46. The van der Waals surface area contributed by atoms with Crippen molar-refractivity contribution in [2.75, 3.05) is 41.0 Å². The summed E-state index contributed by atoms with van der Waals surface area (Å²) in [5.74, 6) is -0.0793. The molecule has 0 radical (unpaired) electrons. The van der Waals surface area contributed by atoms with E-state index in [4.69, 9.17) is 14.2 Å². The fourth-order valence-electron chi connectivity index (χ4n) is 2.30. The molecule has 0 aliphatic carbocycles. The Morgan fingerprint density at radius 3 is 2.25 bits per heavy atom. The zero-order chi connectivity index (χ0) is 21.5. The standard InChI is InChI=1S/C19H29F3N2O4/c1-7-24(4)12-23-15-9-16(26-5)14(8-17(15)27-6)18(25,19(20,21)22)11-28-10-13(2)3/h8-9,12-13,25H,7,10-11H2,1-6H3. The molecule has 0 aromatic heterocycles. The number of aliphatic hydroxyl groups is 1. The topological polar surface area (TPSA) is 63.5 Å². The molecule has 1 atom stereocenters. The molecular weight excluding hydrogens is 377 g/mol. The summed E-state index contributed by atoms with van der Waals surface area (Å²) in [6, 6.07) is 2.39. The zero-order valence-electron chi connectivity index (χ0n) is 17.1. The van der Waals surface area contributed by atoms with Crippen LogP contribution >= 0.6 is 0 Å². The second kappa shape index (κ2) is 9.97. The third-order valence-electron chi connectivity index (χ3n) is 4.07. The van der Waals surface area contributed by atoms with Gasteiger partial charge in [0.2, 0.25) is 5.60 Å². The minimum absolute atomic E-state index is 0.0150. The summed E-state index contributed by atoms with van der Waals surface area (Å²) in [6.07, 6.45) is -3.46. The van der Waals surface area contributed by atoms with Gasteiger partial charge >= 0.3 is 6.18 Å². The van der Waals surface area contributed by atoms with Crippen molar-refractivity contribution in [3.05, 3.63) is 17.7 Å². The zero-order valence-corrected chi connectivity index (χ0v) is 17.1. The van der Waals surface area contributed by atoms with Crippen LogP contribution in [0.2, 0.25) is 0 Å². The van der Waals surface area contributed by atoms with E-state index in [1.807, 2.05) is 6.92 Å². The lowest BCUT2D eigenvalue weighted by Gasteiger charge is -2.32. The Kier molecular flexibility index (Phi) is 8.56. The highest BCUT2D eigenvalue weighted by Gasteiger charge is 2.57. The van der Waals surface area contributed by atoms with Gasteiger partial charge in [-0.15, -0.1) is 0 Å². The van der Waals surface area contributed by atoms with Gasteiger partial charge in [-0.2, -0.15) is 13.2 Å². The summed E-state index contributed by atoms with van der Waals surface area (Å²) in [7, 11) is 4.34.